The van der Waals surface area contributed by atoms with Gasteiger partial charge in [0, 0.05) is 48.7 Å². The number of halogens is 1. The van der Waals surface area contributed by atoms with Gasteiger partial charge in [0.15, 0.2) is 0 Å². The van der Waals surface area contributed by atoms with E-state index in [0.29, 0.717) is 5.56 Å². The smallest absolute Gasteiger partial charge is 0.225 e. The fourth-order valence-electron chi connectivity index (χ4n) is 2.89. The van der Waals surface area contributed by atoms with Crippen molar-refractivity contribution in [1.82, 2.24) is 15.0 Å². The van der Waals surface area contributed by atoms with Gasteiger partial charge < -0.3 is 9.80 Å². The summed E-state index contributed by atoms with van der Waals surface area (Å²) < 4.78 is 0.818. The Kier molecular flexibility index (Phi) is 4.95. The van der Waals surface area contributed by atoms with Crippen LogP contribution in [0, 0.1) is 11.3 Å². The molecule has 24 heavy (non-hydrogen) atoms. The van der Waals surface area contributed by atoms with Crippen molar-refractivity contribution in [3.63, 3.8) is 0 Å². The Morgan fingerprint density at radius 1 is 1.25 bits per heavy atom. The Hall–Kier alpha value is -2.20. The van der Waals surface area contributed by atoms with Crippen molar-refractivity contribution in [2.75, 3.05) is 29.4 Å². The van der Waals surface area contributed by atoms with Crippen molar-refractivity contribution in [3.8, 4) is 6.07 Å². The van der Waals surface area contributed by atoms with Crippen molar-refractivity contribution in [1.29, 1.82) is 5.26 Å². The fraction of sp³-hybridized carbons (Fsp3) is 0.412. The summed E-state index contributed by atoms with van der Waals surface area (Å²) in [5, 5.41) is 9.37. The molecule has 0 N–H and O–H groups in total. The van der Waals surface area contributed by atoms with Crippen LogP contribution >= 0.6 is 15.9 Å². The Labute approximate surface area is 150 Å². The van der Waals surface area contributed by atoms with Crippen LogP contribution in [0.4, 0.5) is 11.8 Å². The van der Waals surface area contributed by atoms with Gasteiger partial charge in [0.05, 0.1) is 5.56 Å². The highest BCUT2D eigenvalue weighted by Gasteiger charge is 2.27. The zero-order valence-electron chi connectivity index (χ0n) is 13.8. The van der Waals surface area contributed by atoms with E-state index < -0.39 is 0 Å². The minimum absolute atomic E-state index is 0.217. The lowest BCUT2D eigenvalue weighted by molar-refractivity contribution is 0.538. The lowest BCUT2D eigenvalue weighted by Crippen LogP contribution is -2.53. The maximum absolute atomic E-state index is 9.37. The van der Waals surface area contributed by atoms with Crippen LogP contribution in [0.15, 0.2) is 29.1 Å². The molecule has 124 valence electrons. The summed E-state index contributed by atoms with van der Waals surface area (Å²) >= 11 is 3.37. The molecule has 0 radical (unpaired) electrons. The number of rotatable bonds is 3. The van der Waals surface area contributed by atoms with Crippen molar-refractivity contribution in [3.05, 3.63) is 40.3 Å². The summed E-state index contributed by atoms with van der Waals surface area (Å²) in [5.74, 6) is 1.51. The molecule has 0 saturated carbocycles. The summed E-state index contributed by atoms with van der Waals surface area (Å²) in [6, 6.07) is 4.27. The van der Waals surface area contributed by atoms with Gasteiger partial charge in [-0.1, -0.05) is 6.92 Å². The number of nitrogens with zero attached hydrogens (tertiary/aromatic N) is 6. The average molecular weight is 387 g/mol. The first-order chi connectivity index (χ1) is 11.6. The fourth-order valence-corrected chi connectivity index (χ4v) is 3.22. The van der Waals surface area contributed by atoms with Crippen LogP contribution < -0.4 is 9.80 Å². The zero-order valence-corrected chi connectivity index (χ0v) is 15.4. The van der Waals surface area contributed by atoms with Crippen molar-refractivity contribution in [2.45, 2.75) is 26.3 Å². The van der Waals surface area contributed by atoms with Crippen LogP contribution in [0.2, 0.25) is 0 Å². The van der Waals surface area contributed by atoms with Crippen LogP contribution in [-0.4, -0.2) is 40.6 Å². The largest absolute Gasteiger partial charge is 0.349 e. The highest BCUT2D eigenvalue weighted by Crippen LogP contribution is 2.25. The number of hydrogen-bond donors (Lipinski definition) is 0. The summed E-state index contributed by atoms with van der Waals surface area (Å²) in [6.07, 6.45) is 6.46. The van der Waals surface area contributed by atoms with Gasteiger partial charge in [0.25, 0.3) is 0 Å². The van der Waals surface area contributed by atoms with Gasteiger partial charge in [-0.15, -0.1) is 0 Å². The van der Waals surface area contributed by atoms with Gasteiger partial charge in [-0.05, 0) is 40.9 Å². The number of piperazine rings is 1. The molecule has 0 unspecified atom stereocenters. The Morgan fingerprint density at radius 3 is 2.62 bits per heavy atom. The molecular weight excluding hydrogens is 368 g/mol. The second-order valence-corrected chi connectivity index (χ2v) is 6.79. The minimum Gasteiger partial charge on any atom is -0.349 e. The number of nitriles is 1. The van der Waals surface area contributed by atoms with E-state index in [1.54, 1.807) is 6.20 Å². The summed E-state index contributed by atoms with van der Waals surface area (Å²) in [5.41, 5.74) is 1.73. The van der Waals surface area contributed by atoms with E-state index in [1.807, 2.05) is 18.5 Å². The van der Waals surface area contributed by atoms with Gasteiger partial charge in [0.1, 0.15) is 11.9 Å². The molecule has 0 aromatic carbocycles. The monoisotopic (exact) mass is 386 g/mol. The average Bonchev–Trinajstić information content (AvgIpc) is 2.62. The Bertz CT molecular complexity index is 755. The van der Waals surface area contributed by atoms with Gasteiger partial charge in [-0.2, -0.15) is 5.26 Å². The predicted octanol–water partition coefficient (Wildman–Crippen LogP) is 2.78. The molecule has 0 spiro atoms. The molecule has 0 amide bonds. The molecule has 1 aliphatic rings. The molecular formula is C17H19BrN6. The van der Waals surface area contributed by atoms with Crippen molar-refractivity contribution in [2.24, 2.45) is 0 Å². The lowest BCUT2D eigenvalue weighted by atomic mass is 10.1. The van der Waals surface area contributed by atoms with Gasteiger partial charge >= 0.3 is 0 Å². The molecule has 1 saturated heterocycles. The summed E-state index contributed by atoms with van der Waals surface area (Å²) in [7, 11) is 0. The molecule has 3 rings (SSSR count). The number of anilines is 2. The van der Waals surface area contributed by atoms with Crippen LogP contribution in [0.1, 0.15) is 25.0 Å². The van der Waals surface area contributed by atoms with Gasteiger partial charge in [-0.25, -0.2) is 15.0 Å². The van der Waals surface area contributed by atoms with Gasteiger partial charge in [0.2, 0.25) is 5.95 Å². The molecule has 2 aromatic heterocycles. The third kappa shape index (κ3) is 3.34. The van der Waals surface area contributed by atoms with E-state index in [1.165, 1.54) is 0 Å². The van der Waals surface area contributed by atoms with Crippen molar-refractivity contribution < 1.29 is 0 Å². The first kappa shape index (κ1) is 16.7. The summed E-state index contributed by atoms with van der Waals surface area (Å²) in [4.78, 5) is 17.8. The second kappa shape index (κ2) is 7.14. The Morgan fingerprint density at radius 2 is 2.00 bits per heavy atom. The number of pyridine rings is 1. The Balaban J connectivity index is 1.77. The van der Waals surface area contributed by atoms with Gasteiger partial charge in [-0.3, -0.25) is 0 Å². The standard InChI is InChI=1S/C17H19BrN6/c1-3-13-8-21-17(22-9-13)23-4-5-24(12(2)11-23)16-14(7-19)6-15(18)10-20-16/h6,8-10,12H,3-5,11H2,1-2H3/t12-/m0/s1. The molecule has 6 nitrogen and oxygen atoms in total. The third-order valence-electron chi connectivity index (χ3n) is 4.24. The molecule has 7 heteroatoms. The maximum atomic E-state index is 9.37. The predicted molar refractivity (Wildman–Crippen MR) is 97.1 cm³/mol. The third-order valence-corrected chi connectivity index (χ3v) is 4.67. The zero-order chi connectivity index (χ0) is 17.1. The van der Waals surface area contributed by atoms with Crippen LogP contribution in [0.25, 0.3) is 0 Å². The first-order valence-electron chi connectivity index (χ1n) is 8.00. The molecule has 1 aliphatic heterocycles. The van der Waals surface area contributed by atoms with E-state index in [0.717, 1.165) is 47.9 Å². The van der Waals surface area contributed by atoms with Crippen LogP contribution in [-0.2, 0) is 6.42 Å². The molecule has 2 aromatic rings. The van der Waals surface area contributed by atoms with E-state index in [-0.39, 0.29) is 6.04 Å². The highest BCUT2D eigenvalue weighted by atomic mass is 79.9. The number of aromatic nitrogens is 3. The van der Waals surface area contributed by atoms with Crippen molar-refractivity contribution >= 4 is 27.7 Å². The quantitative estimate of drug-likeness (QED) is 0.807. The second-order valence-electron chi connectivity index (χ2n) is 5.87. The molecule has 0 aliphatic carbocycles. The number of aryl methyl sites for hydroxylation is 1. The van der Waals surface area contributed by atoms with E-state index in [2.05, 4.69) is 60.6 Å². The SMILES string of the molecule is CCc1cnc(N2CCN(c3ncc(Br)cc3C#N)[C@@H](C)C2)nc1. The molecule has 1 fully saturated rings. The van der Waals surface area contributed by atoms with Crippen LogP contribution in [0.3, 0.4) is 0 Å². The topological polar surface area (TPSA) is 68.9 Å². The molecule has 3 heterocycles. The number of hydrogen-bond acceptors (Lipinski definition) is 6. The molecule has 1 atom stereocenters. The normalized spacial score (nSPS) is 17.7. The van der Waals surface area contributed by atoms with Crippen LogP contribution in [0.5, 0.6) is 0 Å². The molecule has 0 bridgehead atoms. The highest BCUT2D eigenvalue weighted by molar-refractivity contribution is 9.10. The van der Waals surface area contributed by atoms with E-state index in [9.17, 15) is 5.26 Å². The summed E-state index contributed by atoms with van der Waals surface area (Å²) in [6.45, 7) is 6.62. The van der Waals surface area contributed by atoms with E-state index >= 15 is 0 Å². The van der Waals surface area contributed by atoms with E-state index in [4.69, 9.17) is 0 Å². The first-order valence-corrected chi connectivity index (χ1v) is 8.79. The minimum atomic E-state index is 0.217. The lowest BCUT2D eigenvalue weighted by Gasteiger charge is -2.40. The maximum Gasteiger partial charge on any atom is 0.225 e.